The zero-order chi connectivity index (χ0) is 15.6. The average molecular weight is 303 g/mol. The molecule has 0 unspecified atom stereocenters. The summed E-state index contributed by atoms with van der Waals surface area (Å²) < 4.78 is 0. The average Bonchev–Trinajstić information content (AvgIpc) is 2.48. The van der Waals surface area contributed by atoms with Crippen molar-refractivity contribution in [1.82, 2.24) is 21.3 Å². The van der Waals surface area contributed by atoms with Crippen LogP contribution < -0.4 is 21.3 Å². The van der Waals surface area contributed by atoms with Crippen LogP contribution >= 0.6 is 0 Å². The Labute approximate surface area is 132 Å². The van der Waals surface area contributed by atoms with Gasteiger partial charge in [-0.25, -0.2) is 0 Å². The van der Waals surface area contributed by atoms with E-state index in [2.05, 4.69) is 58.9 Å². The predicted molar refractivity (Wildman–Crippen MR) is 97.4 cm³/mol. The second-order valence-corrected chi connectivity index (χ2v) is 4.06. The molecule has 128 valence electrons. The molecule has 0 aromatic heterocycles. The van der Waals surface area contributed by atoms with Crippen molar-refractivity contribution in [2.45, 2.75) is 48.0 Å². The quantitative estimate of drug-likeness (QED) is 0.446. The number of nitrogens with one attached hydrogen (secondary N) is 4. The fourth-order valence-corrected chi connectivity index (χ4v) is 1.26. The Bertz CT molecular complexity index is 225. The molecule has 0 saturated carbocycles. The fourth-order valence-electron chi connectivity index (χ4n) is 1.26. The Morgan fingerprint density at radius 2 is 1.00 bits per heavy atom. The molecule has 0 radical (unpaired) electrons. The molecule has 0 aliphatic heterocycles. The lowest BCUT2D eigenvalue weighted by molar-refractivity contribution is 0.794. The van der Waals surface area contributed by atoms with Crippen LogP contribution in [0.2, 0.25) is 0 Å². The van der Waals surface area contributed by atoms with Gasteiger partial charge in [0.25, 0.3) is 0 Å². The van der Waals surface area contributed by atoms with Crippen molar-refractivity contribution < 1.29 is 0 Å². The summed E-state index contributed by atoms with van der Waals surface area (Å²) in [4.78, 5) is 8.02. The van der Waals surface area contributed by atoms with E-state index in [0.717, 1.165) is 50.9 Å². The van der Waals surface area contributed by atoms with Crippen LogP contribution in [0.3, 0.4) is 0 Å². The summed E-state index contributed by atoms with van der Waals surface area (Å²) in [6.07, 6.45) is 2.26. The molecule has 0 aromatic rings. The molecule has 6 nitrogen and oxygen atoms in total. The molecule has 0 amide bonds. The summed E-state index contributed by atoms with van der Waals surface area (Å²) in [5.74, 6) is 1.79. The van der Waals surface area contributed by atoms with E-state index in [0.29, 0.717) is 0 Å². The Morgan fingerprint density at radius 3 is 1.19 bits per heavy atom. The van der Waals surface area contributed by atoms with E-state index < -0.39 is 0 Å². The second-order valence-electron chi connectivity index (χ2n) is 4.06. The summed E-state index contributed by atoms with van der Waals surface area (Å²) in [6, 6.07) is 0. The summed E-state index contributed by atoms with van der Waals surface area (Å²) in [7, 11) is 3.56. The van der Waals surface area contributed by atoms with Gasteiger partial charge in [0.1, 0.15) is 0 Å². The highest BCUT2D eigenvalue weighted by Gasteiger charge is 1.90. The van der Waals surface area contributed by atoms with Gasteiger partial charge in [0.05, 0.1) is 0 Å². The molecule has 21 heavy (non-hydrogen) atoms. The molecule has 0 atom stereocenters. The Morgan fingerprint density at radius 1 is 0.667 bits per heavy atom. The maximum absolute atomic E-state index is 4.01. The van der Waals surface area contributed by atoms with Crippen molar-refractivity contribution in [3.05, 3.63) is 0 Å². The maximum atomic E-state index is 4.01. The number of hydrogen-bond acceptors (Lipinski definition) is 2. The molecular formula is C15H38N6. The Balaban J connectivity index is -0.000000295. The minimum Gasteiger partial charge on any atom is -0.357 e. The first-order valence-corrected chi connectivity index (χ1v) is 7.58. The lowest BCUT2D eigenvalue weighted by atomic mass is 10.5. The predicted octanol–water partition coefficient (Wildman–Crippen LogP) is 1.80. The van der Waals surface area contributed by atoms with E-state index in [-0.39, 0.29) is 7.43 Å². The molecule has 0 aromatic carbocycles. The monoisotopic (exact) mass is 302 g/mol. The van der Waals surface area contributed by atoms with Crippen LogP contribution in [-0.4, -0.2) is 52.2 Å². The normalized spacial score (nSPS) is 10.8. The van der Waals surface area contributed by atoms with E-state index in [1.54, 1.807) is 14.1 Å². The van der Waals surface area contributed by atoms with Crippen molar-refractivity contribution in [3.8, 4) is 0 Å². The molecule has 0 spiro atoms. The molecule has 6 heteroatoms. The first-order valence-electron chi connectivity index (χ1n) is 7.58. The third kappa shape index (κ3) is 18.5. The van der Waals surface area contributed by atoms with E-state index in [1.807, 2.05) is 0 Å². The zero-order valence-electron chi connectivity index (χ0n) is 14.1. The van der Waals surface area contributed by atoms with Crippen molar-refractivity contribution in [1.29, 1.82) is 0 Å². The minimum atomic E-state index is 0. The molecule has 0 aliphatic rings. The number of nitrogens with zero attached hydrogens (tertiary/aromatic N) is 2. The van der Waals surface area contributed by atoms with Crippen molar-refractivity contribution in [3.63, 3.8) is 0 Å². The Hall–Kier alpha value is -1.46. The summed E-state index contributed by atoms with van der Waals surface area (Å²) in [5, 5.41) is 12.5. The lowest BCUT2D eigenvalue weighted by Gasteiger charge is -2.07. The molecule has 4 N–H and O–H groups in total. The van der Waals surface area contributed by atoms with Crippen molar-refractivity contribution in [2.24, 2.45) is 9.98 Å². The molecular weight excluding hydrogens is 264 g/mol. The van der Waals surface area contributed by atoms with Gasteiger partial charge in [-0.15, -0.1) is 0 Å². The van der Waals surface area contributed by atoms with E-state index >= 15 is 0 Å². The number of hydrogen-bond donors (Lipinski definition) is 4. The van der Waals surface area contributed by atoms with E-state index in [9.17, 15) is 0 Å². The lowest BCUT2D eigenvalue weighted by Crippen LogP contribution is -2.37. The largest absolute Gasteiger partial charge is 0.357 e. The Kier molecular flexibility index (Phi) is 24.4. The highest BCUT2D eigenvalue weighted by Crippen LogP contribution is 1.71. The van der Waals surface area contributed by atoms with Crippen LogP contribution in [0.1, 0.15) is 48.0 Å². The van der Waals surface area contributed by atoms with Gasteiger partial charge >= 0.3 is 0 Å². The van der Waals surface area contributed by atoms with Gasteiger partial charge in [-0.1, -0.05) is 21.3 Å². The van der Waals surface area contributed by atoms with Crippen molar-refractivity contribution in [2.75, 3.05) is 40.3 Å². The molecule has 0 fully saturated rings. The van der Waals surface area contributed by atoms with E-state index in [4.69, 9.17) is 0 Å². The second kappa shape index (κ2) is 20.8. The minimum absolute atomic E-state index is 0. The molecule has 0 aliphatic carbocycles. The van der Waals surface area contributed by atoms with Gasteiger partial charge in [-0.05, 0) is 26.7 Å². The number of guanidine groups is 2. The molecule has 0 bridgehead atoms. The van der Waals surface area contributed by atoms with Crippen LogP contribution in [0.5, 0.6) is 0 Å². The highest BCUT2D eigenvalue weighted by atomic mass is 15.2. The van der Waals surface area contributed by atoms with Gasteiger partial charge in [0.2, 0.25) is 0 Å². The van der Waals surface area contributed by atoms with Gasteiger partial charge in [-0.3, -0.25) is 9.98 Å². The standard InChI is InChI=1S/2C7H17N3.CH4/c2*1-4-6-10-7(8-3)9-5-2;/h2*4-6H2,1-3H3,(H2,8,9,10);1H4. The third-order valence-corrected chi connectivity index (χ3v) is 2.22. The molecule has 0 saturated heterocycles. The number of aliphatic imine (C=N–C) groups is 2. The maximum Gasteiger partial charge on any atom is 0.190 e. The van der Waals surface area contributed by atoms with Gasteiger partial charge < -0.3 is 21.3 Å². The van der Waals surface area contributed by atoms with Crippen LogP contribution in [0, 0.1) is 0 Å². The SMILES string of the molecule is C.CCCNC(=NC)NCC.CCCNC(=NC)NCC. The smallest absolute Gasteiger partial charge is 0.190 e. The fraction of sp³-hybridized carbons (Fsp3) is 0.867. The van der Waals surface area contributed by atoms with E-state index in [1.165, 1.54) is 0 Å². The van der Waals surface area contributed by atoms with Gasteiger partial charge in [-0.2, -0.15) is 0 Å². The first-order chi connectivity index (χ1) is 9.69. The first kappa shape index (κ1) is 24.6. The topological polar surface area (TPSA) is 72.8 Å². The summed E-state index contributed by atoms with van der Waals surface area (Å²) >= 11 is 0. The van der Waals surface area contributed by atoms with Crippen LogP contribution in [0.25, 0.3) is 0 Å². The third-order valence-electron chi connectivity index (χ3n) is 2.22. The van der Waals surface area contributed by atoms with Crippen LogP contribution in [0.15, 0.2) is 9.98 Å². The molecule has 0 heterocycles. The van der Waals surface area contributed by atoms with Crippen LogP contribution in [0.4, 0.5) is 0 Å². The van der Waals surface area contributed by atoms with Crippen LogP contribution in [-0.2, 0) is 0 Å². The summed E-state index contributed by atoms with van der Waals surface area (Å²) in [6.45, 7) is 12.2. The number of rotatable bonds is 6. The van der Waals surface area contributed by atoms with Gasteiger partial charge in [0.15, 0.2) is 11.9 Å². The van der Waals surface area contributed by atoms with Gasteiger partial charge in [0, 0.05) is 40.3 Å². The summed E-state index contributed by atoms with van der Waals surface area (Å²) in [5.41, 5.74) is 0. The zero-order valence-corrected chi connectivity index (χ0v) is 14.1. The highest BCUT2D eigenvalue weighted by molar-refractivity contribution is 5.79. The van der Waals surface area contributed by atoms with Crippen molar-refractivity contribution >= 4 is 11.9 Å². The molecule has 0 rings (SSSR count).